The topological polar surface area (TPSA) is 81.2 Å². The first-order valence-corrected chi connectivity index (χ1v) is 6.38. The van der Waals surface area contributed by atoms with Gasteiger partial charge in [-0.15, -0.1) is 5.10 Å². The van der Waals surface area contributed by atoms with Gasteiger partial charge in [0.05, 0.1) is 12.0 Å². The number of aromatic nitrogens is 3. The first kappa shape index (κ1) is 13.1. The van der Waals surface area contributed by atoms with Crippen molar-refractivity contribution in [1.82, 2.24) is 15.0 Å². The second-order valence-corrected chi connectivity index (χ2v) is 4.75. The molecule has 0 saturated carbocycles. The zero-order valence-electron chi connectivity index (χ0n) is 11.6. The Morgan fingerprint density at radius 1 is 1.24 bits per heavy atom. The van der Waals surface area contributed by atoms with Crippen LogP contribution >= 0.6 is 0 Å². The monoisotopic (exact) mass is 283 g/mol. The minimum absolute atomic E-state index is 0.136. The quantitative estimate of drug-likeness (QED) is 0.799. The van der Waals surface area contributed by atoms with Gasteiger partial charge in [-0.3, -0.25) is 0 Å². The van der Waals surface area contributed by atoms with Crippen LogP contribution in [0.25, 0.3) is 17.1 Å². The maximum Gasteiger partial charge on any atom is 0.358 e. The van der Waals surface area contributed by atoms with Crippen LogP contribution in [0.4, 0.5) is 0 Å². The summed E-state index contributed by atoms with van der Waals surface area (Å²) in [5, 5.41) is 17.0. The zero-order valence-corrected chi connectivity index (χ0v) is 11.6. The molecule has 0 radical (unpaired) electrons. The van der Waals surface area contributed by atoms with Gasteiger partial charge in [0, 0.05) is 0 Å². The van der Waals surface area contributed by atoms with E-state index in [1.54, 1.807) is 12.1 Å². The smallest absolute Gasteiger partial charge is 0.358 e. The molecule has 0 spiro atoms. The predicted molar refractivity (Wildman–Crippen MR) is 75.5 cm³/mol. The fourth-order valence-electron chi connectivity index (χ4n) is 2.10. The molecule has 0 atom stereocenters. The molecular formula is C15H13N3O3. The van der Waals surface area contributed by atoms with Crippen LogP contribution in [-0.4, -0.2) is 26.1 Å². The van der Waals surface area contributed by atoms with E-state index < -0.39 is 5.97 Å². The van der Waals surface area contributed by atoms with Crippen molar-refractivity contribution in [3.05, 3.63) is 53.4 Å². The number of aromatic carboxylic acids is 1. The highest BCUT2D eigenvalue weighted by Crippen LogP contribution is 2.26. The van der Waals surface area contributed by atoms with Gasteiger partial charge in [-0.1, -0.05) is 11.3 Å². The maximum atomic E-state index is 11.3. The van der Waals surface area contributed by atoms with E-state index in [0.717, 1.165) is 16.8 Å². The van der Waals surface area contributed by atoms with E-state index in [1.165, 1.54) is 10.9 Å². The molecule has 6 nitrogen and oxygen atoms in total. The fraction of sp³-hybridized carbons (Fsp3) is 0.133. The second kappa shape index (κ2) is 4.90. The summed E-state index contributed by atoms with van der Waals surface area (Å²) < 4.78 is 6.80. The van der Waals surface area contributed by atoms with Crippen molar-refractivity contribution >= 4 is 5.97 Å². The number of aryl methyl sites for hydroxylation is 2. The minimum Gasteiger partial charge on any atom is -0.476 e. The van der Waals surface area contributed by atoms with E-state index in [-0.39, 0.29) is 5.69 Å². The maximum absolute atomic E-state index is 11.3. The SMILES string of the molecule is Cc1ccc(-n2nnc(C(=O)O)c2-c2ccco2)cc1C. The lowest BCUT2D eigenvalue weighted by molar-refractivity contribution is 0.0691. The third-order valence-corrected chi connectivity index (χ3v) is 3.36. The van der Waals surface area contributed by atoms with Gasteiger partial charge < -0.3 is 9.52 Å². The molecule has 106 valence electrons. The lowest BCUT2D eigenvalue weighted by Crippen LogP contribution is -2.03. The molecule has 0 saturated heterocycles. The van der Waals surface area contributed by atoms with Crippen LogP contribution in [0.3, 0.4) is 0 Å². The van der Waals surface area contributed by atoms with E-state index in [1.807, 2.05) is 32.0 Å². The highest BCUT2D eigenvalue weighted by molar-refractivity contribution is 5.92. The molecule has 6 heteroatoms. The number of hydrogen-bond donors (Lipinski definition) is 1. The van der Waals surface area contributed by atoms with Gasteiger partial charge >= 0.3 is 5.97 Å². The summed E-state index contributed by atoms with van der Waals surface area (Å²) in [6, 6.07) is 9.14. The number of benzene rings is 1. The number of carbonyl (C=O) groups is 1. The molecule has 0 aliphatic carbocycles. The molecule has 2 aromatic heterocycles. The molecule has 0 unspecified atom stereocenters. The van der Waals surface area contributed by atoms with Crippen LogP contribution < -0.4 is 0 Å². The van der Waals surface area contributed by atoms with Crippen LogP contribution in [-0.2, 0) is 0 Å². The summed E-state index contributed by atoms with van der Waals surface area (Å²) >= 11 is 0. The molecule has 0 bridgehead atoms. The molecule has 0 fully saturated rings. The molecule has 1 N–H and O–H groups in total. The Kier molecular flexibility index (Phi) is 3.06. The summed E-state index contributed by atoms with van der Waals surface area (Å²) in [5.41, 5.74) is 3.17. The van der Waals surface area contributed by atoms with Crippen LogP contribution in [0.5, 0.6) is 0 Å². The van der Waals surface area contributed by atoms with Crippen LogP contribution in [0.2, 0.25) is 0 Å². The zero-order chi connectivity index (χ0) is 15.0. The van der Waals surface area contributed by atoms with Crippen molar-refractivity contribution < 1.29 is 14.3 Å². The summed E-state index contributed by atoms with van der Waals surface area (Å²) in [5.74, 6) is -0.730. The van der Waals surface area contributed by atoms with Crippen LogP contribution in [0.1, 0.15) is 21.6 Å². The summed E-state index contributed by atoms with van der Waals surface area (Å²) in [6.07, 6.45) is 1.48. The van der Waals surface area contributed by atoms with Gasteiger partial charge in [-0.2, -0.15) is 0 Å². The summed E-state index contributed by atoms with van der Waals surface area (Å²) in [4.78, 5) is 11.3. The Bertz CT molecular complexity index is 804. The van der Waals surface area contributed by atoms with Crippen molar-refractivity contribution in [2.45, 2.75) is 13.8 Å². The van der Waals surface area contributed by atoms with Crippen molar-refractivity contribution in [3.63, 3.8) is 0 Å². The molecule has 1 aromatic carbocycles. The largest absolute Gasteiger partial charge is 0.476 e. The lowest BCUT2D eigenvalue weighted by Gasteiger charge is -2.07. The Morgan fingerprint density at radius 3 is 2.67 bits per heavy atom. The first-order valence-electron chi connectivity index (χ1n) is 6.38. The summed E-state index contributed by atoms with van der Waals surface area (Å²) in [7, 11) is 0. The van der Waals surface area contributed by atoms with Crippen LogP contribution in [0.15, 0.2) is 41.0 Å². The van der Waals surface area contributed by atoms with Crippen molar-refractivity contribution in [2.24, 2.45) is 0 Å². The molecule has 3 rings (SSSR count). The molecule has 2 heterocycles. The van der Waals surface area contributed by atoms with Crippen molar-refractivity contribution in [3.8, 4) is 17.1 Å². The highest BCUT2D eigenvalue weighted by atomic mass is 16.4. The Labute approximate surface area is 120 Å². The van der Waals surface area contributed by atoms with Crippen molar-refractivity contribution in [2.75, 3.05) is 0 Å². The van der Waals surface area contributed by atoms with E-state index in [2.05, 4.69) is 10.3 Å². The average Bonchev–Trinajstić information content (AvgIpc) is 3.09. The van der Waals surface area contributed by atoms with Crippen molar-refractivity contribution in [1.29, 1.82) is 0 Å². The normalized spacial score (nSPS) is 10.8. The van der Waals surface area contributed by atoms with Gasteiger partial charge in [0.1, 0.15) is 5.69 Å². The molecule has 3 aromatic rings. The number of hydrogen-bond acceptors (Lipinski definition) is 4. The number of furan rings is 1. The van der Waals surface area contributed by atoms with Gasteiger partial charge in [0.15, 0.2) is 5.76 Å². The third kappa shape index (κ3) is 2.20. The average molecular weight is 283 g/mol. The van der Waals surface area contributed by atoms with E-state index in [9.17, 15) is 9.90 Å². The molecule has 0 aliphatic rings. The Hall–Kier alpha value is -2.89. The molecular weight excluding hydrogens is 270 g/mol. The van der Waals surface area contributed by atoms with E-state index >= 15 is 0 Å². The summed E-state index contributed by atoms with van der Waals surface area (Å²) in [6.45, 7) is 4.00. The van der Waals surface area contributed by atoms with Gasteiger partial charge in [0.25, 0.3) is 0 Å². The standard InChI is InChI=1S/C15H13N3O3/c1-9-5-6-11(8-10(9)2)18-14(12-4-3-7-21-12)13(15(19)20)16-17-18/h3-8H,1-2H3,(H,19,20). The van der Waals surface area contributed by atoms with Crippen LogP contribution in [0, 0.1) is 13.8 Å². The Balaban J connectivity index is 2.23. The fourth-order valence-corrected chi connectivity index (χ4v) is 2.10. The second-order valence-electron chi connectivity index (χ2n) is 4.75. The number of carboxylic acid groups (broad SMARTS) is 1. The predicted octanol–water partition coefficient (Wildman–Crippen LogP) is 2.84. The lowest BCUT2D eigenvalue weighted by atomic mass is 10.1. The van der Waals surface area contributed by atoms with E-state index in [0.29, 0.717) is 11.5 Å². The van der Waals surface area contributed by atoms with Gasteiger partial charge in [-0.05, 0) is 49.2 Å². The van der Waals surface area contributed by atoms with Gasteiger partial charge in [0.2, 0.25) is 5.69 Å². The van der Waals surface area contributed by atoms with E-state index in [4.69, 9.17) is 4.42 Å². The Morgan fingerprint density at radius 2 is 2.05 bits per heavy atom. The number of carboxylic acids is 1. The molecule has 0 amide bonds. The molecule has 0 aliphatic heterocycles. The van der Waals surface area contributed by atoms with Gasteiger partial charge in [-0.25, -0.2) is 9.48 Å². The third-order valence-electron chi connectivity index (χ3n) is 3.36. The minimum atomic E-state index is -1.14. The first-order chi connectivity index (χ1) is 10.1. The number of nitrogens with zero attached hydrogens (tertiary/aromatic N) is 3. The number of rotatable bonds is 3. The molecule has 21 heavy (non-hydrogen) atoms. The highest BCUT2D eigenvalue weighted by Gasteiger charge is 2.23.